The van der Waals surface area contributed by atoms with Gasteiger partial charge in [0.15, 0.2) is 11.3 Å². The molecule has 2 heterocycles. The van der Waals surface area contributed by atoms with Crippen molar-refractivity contribution in [2.75, 3.05) is 0 Å². The van der Waals surface area contributed by atoms with Gasteiger partial charge >= 0.3 is 6.18 Å². The van der Waals surface area contributed by atoms with Crippen LogP contribution in [-0.2, 0) is 6.18 Å². The first-order valence-corrected chi connectivity index (χ1v) is 10.6. The van der Waals surface area contributed by atoms with Gasteiger partial charge in [-0.05, 0) is 74.7 Å². The molecule has 0 unspecified atom stereocenters. The summed E-state index contributed by atoms with van der Waals surface area (Å²) < 4.78 is 41.5. The molecule has 5 nitrogen and oxygen atoms in total. The number of nitrogens with zero attached hydrogens (tertiary/aromatic N) is 3. The maximum atomic E-state index is 13.6. The average Bonchev–Trinajstić information content (AvgIpc) is 3.41. The summed E-state index contributed by atoms with van der Waals surface area (Å²) in [7, 11) is 0. The van der Waals surface area contributed by atoms with E-state index in [1.165, 1.54) is 12.5 Å². The number of hydrogen-bond acceptors (Lipinski definition) is 3. The van der Waals surface area contributed by atoms with Crippen LogP contribution < -0.4 is 5.32 Å². The maximum Gasteiger partial charge on any atom is 0.433 e. The third-order valence-corrected chi connectivity index (χ3v) is 7.49. The number of rotatable bonds is 3. The fourth-order valence-corrected chi connectivity index (χ4v) is 6.28. The number of nitrogens with one attached hydrogen (secondary N) is 1. The molecule has 154 valence electrons. The fourth-order valence-electron chi connectivity index (χ4n) is 6.28. The summed E-state index contributed by atoms with van der Waals surface area (Å²) in [6.45, 7) is 0. The highest BCUT2D eigenvalue weighted by Gasteiger charge is 2.48. The fraction of sp³-hybridized carbons (Fsp3) is 0.667. The predicted octanol–water partition coefficient (Wildman–Crippen LogP) is 4.18. The van der Waals surface area contributed by atoms with Gasteiger partial charge in [0.05, 0.1) is 0 Å². The molecule has 7 rings (SSSR count). The van der Waals surface area contributed by atoms with Gasteiger partial charge in [-0.2, -0.15) is 18.3 Å². The lowest BCUT2D eigenvalue weighted by molar-refractivity contribution is -0.142. The van der Waals surface area contributed by atoms with Crippen molar-refractivity contribution in [1.82, 2.24) is 19.9 Å². The molecular weight excluding hydrogens is 381 g/mol. The van der Waals surface area contributed by atoms with E-state index in [1.54, 1.807) is 0 Å². The molecule has 0 aromatic carbocycles. The van der Waals surface area contributed by atoms with Crippen LogP contribution in [0, 0.1) is 23.7 Å². The Morgan fingerprint density at radius 2 is 1.69 bits per heavy atom. The minimum atomic E-state index is -4.55. The minimum absolute atomic E-state index is 0.0183. The molecular formula is C21H23F3N4O. The van der Waals surface area contributed by atoms with Gasteiger partial charge in [0.1, 0.15) is 5.69 Å². The molecule has 5 fully saturated rings. The molecule has 0 radical (unpaired) electrons. The summed E-state index contributed by atoms with van der Waals surface area (Å²) in [6.07, 6.45) is 3.13. The number of aromatic nitrogens is 3. The summed E-state index contributed by atoms with van der Waals surface area (Å²) in [6, 6.07) is 2.60. The molecule has 5 saturated carbocycles. The monoisotopic (exact) mass is 404 g/mol. The van der Waals surface area contributed by atoms with Crippen LogP contribution in [0.4, 0.5) is 13.2 Å². The van der Waals surface area contributed by atoms with Gasteiger partial charge in [0, 0.05) is 23.7 Å². The number of alkyl halides is 3. The molecule has 29 heavy (non-hydrogen) atoms. The van der Waals surface area contributed by atoms with E-state index < -0.39 is 11.9 Å². The van der Waals surface area contributed by atoms with Crippen LogP contribution in [-0.4, -0.2) is 26.5 Å². The Morgan fingerprint density at radius 3 is 2.28 bits per heavy atom. The molecule has 1 N–H and O–H groups in total. The lowest BCUT2D eigenvalue weighted by Gasteiger charge is -2.54. The van der Waals surface area contributed by atoms with Crippen molar-refractivity contribution in [3.63, 3.8) is 0 Å². The summed E-state index contributed by atoms with van der Waals surface area (Å²) in [5.41, 5.74) is -0.308. The Hall–Kier alpha value is -2.12. The smallest absolute Gasteiger partial charge is 0.347 e. The number of carbonyl (C=O) groups excluding carboxylic acids is 1. The van der Waals surface area contributed by atoms with Crippen LogP contribution in [0.3, 0.4) is 0 Å². The topological polar surface area (TPSA) is 59.3 Å². The third-order valence-electron chi connectivity index (χ3n) is 7.49. The standard InChI is InChI=1S/C21H23F3N4O/c22-21(23,24)17-8-15(12-1-2-12)25-18-9-16(27-28(17)18)20(29)26-19-13-4-10-3-11(6-13)7-14(19)5-10/h8-14,19H,1-7H2,(H,26,29). The second-order valence-electron chi connectivity index (χ2n) is 9.57. The zero-order valence-corrected chi connectivity index (χ0v) is 16.0. The van der Waals surface area contributed by atoms with Crippen LogP contribution in [0.5, 0.6) is 0 Å². The minimum Gasteiger partial charge on any atom is -0.347 e. The van der Waals surface area contributed by atoms with Crippen molar-refractivity contribution in [2.45, 2.75) is 63.1 Å². The SMILES string of the molecule is O=C(NC1C2CC3CC(C2)CC1C3)c1cc2nc(C3CC3)cc(C(F)(F)F)n2n1. The highest BCUT2D eigenvalue weighted by Crippen LogP contribution is 2.53. The number of amides is 1. The van der Waals surface area contributed by atoms with Crippen molar-refractivity contribution in [3.05, 3.63) is 29.2 Å². The molecule has 0 aliphatic heterocycles. The van der Waals surface area contributed by atoms with Gasteiger partial charge in [-0.15, -0.1) is 0 Å². The van der Waals surface area contributed by atoms with Gasteiger partial charge in [-0.25, -0.2) is 9.50 Å². The number of carbonyl (C=O) groups is 1. The van der Waals surface area contributed by atoms with E-state index in [2.05, 4.69) is 15.4 Å². The normalized spacial score (nSPS) is 33.4. The zero-order chi connectivity index (χ0) is 19.9. The number of halogens is 3. The van der Waals surface area contributed by atoms with Gasteiger partial charge < -0.3 is 5.32 Å². The first-order chi connectivity index (χ1) is 13.8. The van der Waals surface area contributed by atoms with Gasteiger partial charge in [-0.1, -0.05) is 0 Å². The quantitative estimate of drug-likeness (QED) is 0.835. The largest absolute Gasteiger partial charge is 0.433 e. The summed E-state index contributed by atoms with van der Waals surface area (Å²) in [5.74, 6) is 2.28. The highest BCUT2D eigenvalue weighted by molar-refractivity contribution is 5.93. The van der Waals surface area contributed by atoms with Gasteiger partial charge in [0.25, 0.3) is 5.91 Å². The Morgan fingerprint density at radius 1 is 1.03 bits per heavy atom. The van der Waals surface area contributed by atoms with E-state index in [0.717, 1.165) is 60.9 Å². The predicted molar refractivity (Wildman–Crippen MR) is 98.3 cm³/mol. The molecule has 1 amide bonds. The van der Waals surface area contributed by atoms with Gasteiger partial charge in [-0.3, -0.25) is 4.79 Å². The van der Waals surface area contributed by atoms with Crippen LogP contribution in [0.25, 0.3) is 5.65 Å². The van der Waals surface area contributed by atoms with E-state index in [9.17, 15) is 18.0 Å². The molecule has 0 atom stereocenters. The van der Waals surface area contributed by atoms with Crippen LogP contribution in [0.2, 0.25) is 0 Å². The second-order valence-corrected chi connectivity index (χ2v) is 9.57. The van der Waals surface area contributed by atoms with Gasteiger partial charge in [0.2, 0.25) is 0 Å². The van der Waals surface area contributed by atoms with E-state index >= 15 is 0 Å². The number of hydrogen-bond donors (Lipinski definition) is 1. The summed E-state index contributed by atoms with van der Waals surface area (Å²) in [5, 5.41) is 7.13. The Balaban J connectivity index is 1.31. The maximum absolute atomic E-state index is 13.6. The average molecular weight is 404 g/mol. The summed E-state index contributed by atoms with van der Waals surface area (Å²) >= 11 is 0. The van der Waals surface area contributed by atoms with E-state index in [-0.39, 0.29) is 29.2 Å². The molecule has 5 aliphatic carbocycles. The van der Waals surface area contributed by atoms with Crippen LogP contribution in [0.1, 0.15) is 72.7 Å². The molecule has 2 aromatic heterocycles. The van der Waals surface area contributed by atoms with Crippen molar-refractivity contribution in [2.24, 2.45) is 23.7 Å². The molecule has 5 aliphatic rings. The van der Waals surface area contributed by atoms with Crippen molar-refractivity contribution >= 4 is 11.6 Å². The molecule has 4 bridgehead atoms. The first kappa shape index (κ1) is 17.7. The molecule has 0 spiro atoms. The van der Waals surface area contributed by atoms with Crippen LogP contribution >= 0.6 is 0 Å². The van der Waals surface area contributed by atoms with Crippen molar-refractivity contribution < 1.29 is 18.0 Å². The third kappa shape index (κ3) is 2.94. The van der Waals surface area contributed by atoms with Crippen molar-refractivity contribution in [3.8, 4) is 0 Å². The van der Waals surface area contributed by atoms with E-state index in [1.807, 2.05) is 0 Å². The van der Waals surface area contributed by atoms with E-state index in [0.29, 0.717) is 17.5 Å². The second kappa shape index (κ2) is 5.95. The Labute approximate surface area is 166 Å². The lowest BCUT2D eigenvalue weighted by Crippen LogP contribution is -2.55. The van der Waals surface area contributed by atoms with Crippen molar-refractivity contribution in [1.29, 1.82) is 0 Å². The Kier molecular flexibility index (Phi) is 3.64. The molecule has 0 saturated heterocycles. The zero-order valence-electron chi connectivity index (χ0n) is 16.0. The highest BCUT2D eigenvalue weighted by atomic mass is 19.4. The van der Waals surface area contributed by atoms with E-state index in [4.69, 9.17) is 0 Å². The Bertz CT molecular complexity index is 966. The summed E-state index contributed by atoms with van der Waals surface area (Å²) in [4.78, 5) is 17.3. The number of fused-ring (bicyclic) bond motifs is 1. The lowest BCUT2D eigenvalue weighted by atomic mass is 9.54. The van der Waals surface area contributed by atoms with Crippen LogP contribution in [0.15, 0.2) is 12.1 Å². The molecule has 2 aromatic rings. The molecule has 8 heteroatoms. The first-order valence-electron chi connectivity index (χ1n) is 10.6.